The maximum Gasteiger partial charge on any atom is 0.116 e. The second-order valence-electron chi connectivity index (χ2n) is 5.16. The lowest BCUT2D eigenvalue weighted by molar-refractivity contribution is 0.523. The minimum Gasteiger partial charge on any atom is -0.365 e. The Labute approximate surface area is 133 Å². The Hall–Kier alpha value is 0.220. The van der Waals surface area contributed by atoms with Gasteiger partial charge in [-0.3, -0.25) is 0 Å². The summed E-state index contributed by atoms with van der Waals surface area (Å²) in [6.45, 7) is 4.53. The van der Waals surface area contributed by atoms with E-state index in [1.54, 1.807) is 0 Å². The zero-order valence-corrected chi connectivity index (χ0v) is 14.1. The summed E-state index contributed by atoms with van der Waals surface area (Å²) >= 11 is 11.3. The first-order valence-electron chi connectivity index (χ1n) is 6.89. The highest BCUT2D eigenvalue weighted by atomic mass is 33.1. The first-order valence-corrected chi connectivity index (χ1v) is 9.92. The minimum atomic E-state index is 0.341. The van der Waals surface area contributed by atoms with E-state index in [4.69, 9.17) is 24.4 Å². The second-order valence-corrected chi connectivity index (χ2v) is 8.35. The molecule has 0 aromatic heterocycles. The third-order valence-electron chi connectivity index (χ3n) is 3.81. The van der Waals surface area contributed by atoms with Crippen molar-refractivity contribution in [2.75, 3.05) is 26.2 Å². The van der Waals surface area contributed by atoms with Crippen LogP contribution in [0.3, 0.4) is 0 Å². The average molecular weight is 331 g/mol. The molecular weight excluding hydrogens is 312 g/mol. The quantitative estimate of drug-likeness (QED) is 0.561. The first-order chi connectivity index (χ1) is 9.25. The van der Waals surface area contributed by atoms with Crippen molar-refractivity contribution in [1.82, 2.24) is 9.80 Å². The molecule has 1 atom stereocenters. The SMILES string of the molecule is S=C(C1=CC(C(=S)N2CCCC2)SS1)N1CCCC1. The van der Waals surface area contributed by atoms with Gasteiger partial charge in [0.1, 0.15) is 4.99 Å². The van der Waals surface area contributed by atoms with Crippen LogP contribution in [0.1, 0.15) is 25.7 Å². The average Bonchev–Trinajstić information content (AvgIpc) is 3.16. The van der Waals surface area contributed by atoms with Crippen LogP contribution in [0, 0.1) is 0 Å². The number of rotatable bonds is 2. The molecule has 0 aliphatic carbocycles. The fourth-order valence-corrected chi connectivity index (χ4v) is 6.40. The monoisotopic (exact) mass is 330 g/mol. The lowest BCUT2D eigenvalue weighted by Gasteiger charge is -2.21. The molecule has 0 amide bonds. The van der Waals surface area contributed by atoms with Crippen molar-refractivity contribution in [1.29, 1.82) is 0 Å². The summed E-state index contributed by atoms with van der Waals surface area (Å²) in [6, 6.07) is 0. The summed E-state index contributed by atoms with van der Waals surface area (Å²) < 4.78 is 0. The van der Waals surface area contributed by atoms with Crippen molar-refractivity contribution in [3.8, 4) is 0 Å². The molecule has 2 nitrogen and oxygen atoms in total. The van der Waals surface area contributed by atoms with E-state index >= 15 is 0 Å². The molecule has 1 unspecified atom stereocenters. The van der Waals surface area contributed by atoms with Gasteiger partial charge in [0.15, 0.2) is 0 Å². The molecule has 0 aromatic rings. The molecule has 0 aromatic carbocycles. The number of thiocarbonyl (C=S) groups is 2. The van der Waals surface area contributed by atoms with E-state index in [0.717, 1.165) is 36.2 Å². The Morgan fingerprint density at radius 3 is 2.21 bits per heavy atom. The molecule has 0 saturated carbocycles. The fourth-order valence-electron chi connectivity index (χ4n) is 2.71. The first kappa shape index (κ1) is 14.2. The van der Waals surface area contributed by atoms with Crippen LogP contribution in [0.2, 0.25) is 0 Å². The van der Waals surface area contributed by atoms with Crippen molar-refractivity contribution in [2.45, 2.75) is 30.9 Å². The van der Waals surface area contributed by atoms with Gasteiger partial charge in [-0.1, -0.05) is 46.0 Å². The molecule has 0 radical (unpaired) electrons. The normalized spacial score (nSPS) is 26.9. The Kier molecular flexibility index (Phi) is 4.72. The van der Waals surface area contributed by atoms with Crippen molar-refractivity contribution >= 4 is 56.0 Å². The molecule has 3 aliphatic rings. The van der Waals surface area contributed by atoms with Crippen LogP contribution in [-0.4, -0.2) is 51.2 Å². The molecule has 0 spiro atoms. The van der Waals surface area contributed by atoms with E-state index in [9.17, 15) is 0 Å². The van der Waals surface area contributed by atoms with Crippen LogP contribution in [0.4, 0.5) is 0 Å². The zero-order chi connectivity index (χ0) is 13.2. The van der Waals surface area contributed by atoms with Gasteiger partial charge < -0.3 is 9.80 Å². The Balaban J connectivity index is 1.63. The number of hydrogen-bond donors (Lipinski definition) is 0. The van der Waals surface area contributed by atoms with Gasteiger partial charge in [-0.15, -0.1) is 0 Å². The Bertz CT molecular complexity index is 409. The van der Waals surface area contributed by atoms with E-state index < -0.39 is 0 Å². The van der Waals surface area contributed by atoms with Crippen LogP contribution in [0.15, 0.2) is 11.0 Å². The number of likely N-dealkylation sites (tertiary alicyclic amines) is 2. The van der Waals surface area contributed by atoms with Gasteiger partial charge in [-0.25, -0.2) is 0 Å². The molecule has 2 saturated heterocycles. The summed E-state index contributed by atoms with van der Waals surface area (Å²) in [4.78, 5) is 8.12. The fraction of sp³-hybridized carbons (Fsp3) is 0.692. The molecule has 0 bridgehead atoms. The third kappa shape index (κ3) is 3.12. The predicted octanol–water partition coefficient (Wildman–Crippen LogP) is 3.48. The lowest BCUT2D eigenvalue weighted by Crippen LogP contribution is -2.32. The molecule has 3 aliphatic heterocycles. The van der Waals surface area contributed by atoms with E-state index in [-0.39, 0.29) is 0 Å². The van der Waals surface area contributed by atoms with Crippen LogP contribution in [0.5, 0.6) is 0 Å². The number of hydrogen-bond acceptors (Lipinski definition) is 4. The zero-order valence-electron chi connectivity index (χ0n) is 10.8. The van der Waals surface area contributed by atoms with Crippen molar-refractivity contribution in [2.24, 2.45) is 0 Å². The van der Waals surface area contributed by atoms with Crippen molar-refractivity contribution in [3.05, 3.63) is 11.0 Å². The topological polar surface area (TPSA) is 6.48 Å². The van der Waals surface area contributed by atoms with E-state index in [2.05, 4.69) is 15.9 Å². The van der Waals surface area contributed by atoms with Gasteiger partial charge in [0.25, 0.3) is 0 Å². The van der Waals surface area contributed by atoms with E-state index in [0.29, 0.717) is 5.25 Å². The van der Waals surface area contributed by atoms with Crippen molar-refractivity contribution in [3.63, 3.8) is 0 Å². The van der Waals surface area contributed by atoms with Gasteiger partial charge in [0.2, 0.25) is 0 Å². The molecule has 0 N–H and O–H groups in total. The summed E-state index contributed by atoms with van der Waals surface area (Å²) in [5.74, 6) is 0. The molecule has 3 rings (SSSR count). The molecular formula is C13H18N2S4. The van der Waals surface area contributed by atoms with E-state index in [1.165, 1.54) is 30.6 Å². The molecule has 104 valence electrons. The van der Waals surface area contributed by atoms with Gasteiger partial charge in [0.05, 0.1) is 15.1 Å². The summed E-state index contributed by atoms with van der Waals surface area (Å²) in [5, 5.41) is 0.341. The largest absolute Gasteiger partial charge is 0.365 e. The predicted molar refractivity (Wildman–Crippen MR) is 93.9 cm³/mol. The molecule has 19 heavy (non-hydrogen) atoms. The van der Waals surface area contributed by atoms with Gasteiger partial charge in [-0.05, 0) is 31.8 Å². The second kappa shape index (κ2) is 6.33. The standard InChI is InChI=1S/C13H18N2S4/c16-12(14-5-1-2-6-14)10-9-11(19-18-10)13(17)15-7-3-4-8-15/h9-10H,1-8H2. The van der Waals surface area contributed by atoms with Gasteiger partial charge >= 0.3 is 0 Å². The van der Waals surface area contributed by atoms with Gasteiger partial charge in [-0.2, -0.15) is 0 Å². The number of nitrogens with zero attached hydrogens (tertiary/aromatic N) is 2. The van der Waals surface area contributed by atoms with E-state index in [1.807, 2.05) is 21.6 Å². The summed E-state index contributed by atoms with van der Waals surface area (Å²) in [6.07, 6.45) is 7.42. The lowest BCUT2D eigenvalue weighted by atomic mass is 10.3. The van der Waals surface area contributed by atoms with Crippen LogP contribution >= 0.6 is 46.0 Å². The van der Waals surface area contributed by atoms with Crippen LogP contribution < -0.4 is 0 Å². The Morgan fingerprint density at radius 1 is 1.00 bits per heavy atom. The Morgan fingerprint density at radius 2 is 1.58 bits per heavy atom. The van der Waals surface area contributed by atoms with Gasteiger partial charge in [0, 0.05) is 26.2 Å². The van der Waals surface area contributed by atoms with Crippen molar-refractivity contribution < 1.29 is 0 Å². The highest BCUT2D eigenvalue weighted by molar-refractivity contribution is 8.79. The summed E-state index contributed by atoms with van der Waals surface area (Å²) in [7, 11) is 3.67. The maximum absolute atomic E-state index is 5.64. The molecule has 2 fully saturated rings. The minimum absolute atomic E-state index is 0.341. The summed E-state index contributed by atoms with van der Waals surface area (Å²) in [5.41, 5.74) is 0. The smallest absolute Gasteiger partial charge is 0.116 e. The molecule has 3 heterocycles. The van der Waals surface area contributed by atoms with Crippen LogP contribution in [0.25, 0.3) is 0 Å². The maximum atomic E-state index is 5.64. The highest BCUT2D eigenvalue weighted by Crippen LogP contribution is 2.44. The molecule has 6 heteroatoms. The third-order valence-corrected chi connectivity index (χ3v) is 7.70. The highest BCUT2D eigenvalue weighted by Gasteiger charge is 2.29. The van der Waals surface area contributed by atoms with Crippen LogP contribution in [-0.2, 0) is 0 Å².